The summed E-state index contributed by atoms with van der Waals surface area (Å²) in [6, 6.07) is 0.145. The number of aliphatic carboxylic acids is 1. The van der Waals surface area contributed by atoms with E-state index in [9.17, 15) is 9.90 Å². The van der Waals surface area contributed by atoms with Gasteiger partial charge in [-0.15, -0.1) is 11.3 Å². The molecule has 0 saturated heterocycles. The van der Waals surface area contributed by atoms with Gasteiger partial charge in [0.2, 0.25) is 0 Å². The van der Waals surface area contributed by atoms with Crippen molar-refractivity contribution in [2.24, 2.45) is 5.92 Å². The van der Waals surface area contributed by atoms with Gasteiger partial charge in [-0.1, -0.05) is 19.3 Å². The van der Waals surface area contributed by atoms with E-state index in [1.54, 1.807) is 11.3 Å². The molecule has 0 aromatic carbocycles. The summed E-state index contributed by atoms with van der Waals surface area (Å²) in [7, 11) is 2.02. The monoisotopic (exact) mass is 268 g/mol. The van der Waals surface area contributed by atoms with Crippen molar-refractivity contribution in [3.05, 3.63) is 16.6 Å². The Labute approximate surface area is 112 Å². The second-order valence-corrected chi connectivity index (χ2v) is 5.76. The van der Waals surface area contributed by atoms with Crippen molar-refractivity contribution in [1.82, 2.24) is 9.88 Å². The van der Waals surface area contributed by atoms with E-state index in [0.717, 1.165) is 44.3 Å². The third kappa shape index (κ3) is 3.29. The van der Waals surface area contributed by atoms with Gasteiger partial charge in [-0.2, -0.15) is 0 Å². The van der Waals surface area contributed by atoms with Crippen LogP contribution in [0.3, 0.4) is 0 Å². The van der Waals surface area contributed by atoms with Gasteiger partial charge in [0, 0.05) is 18.0 Å². The smallest absolute Gasteiger partial charge is 0.308 e. The van der Waals surface area contributed by atoms with E-state index < -0.39 is 5.97 Å². The lowest BCUT2D eigenvalue weighted by molar-refractivity contribution is -0.144. The summed E-state index contributed by atoms with van der Waals surface area (Å²) >= 11 is 1.59. The zero-order valence-electron chi connectivity index (χ0n) is 10.7. The fourth-order valence-electron chi connectivity index (χ4n) is 2.79. The van der Waals surface area contributed by atoms with Crippen LogP contribution in [0.5, 0.6) is 0 Å². The molecule has 2 atom stereocenters. The molecule has 0 amide bonds. The number of nitrogens with zero attached hydrogens (tertiary/aromatic N) is 2. The maximum Gasteiger partial charge on any atom is 0.308 e. The number of aromatic nitrogens is 1. The van der Waals surface area contributed by atoms with E-state index in [-0.39, 0.29) is 12.0 Å². The van der Waals surface area contributed by atoms with Crippen molar-refractivity contribution < 1.29 is 9.90 Å². The van der Waals surface area contributed by atoms with Gasteiger partial charge in [0.15, 0.2) is 0 Å². The van der Waals surface area contributed by atoms with Gasteiger partial charge in [-0.3, -0.25) is 9.69 Å². The van der Waals surface area contributed by atoms with Crippen LogP contribution in [0.15, 0.2) is 10.9 Å². The second-order valence-electron chi connectivity index (χ2n) is 5.04. The van der Waals surface area contributed by atoms with E-state index in [1.807, 2.05) is 17.9 Å². The number of hydrogen-bond acceptors (Lipinski definition) is 4. The van der Waals surface area contributed by atoms with Gasteiger partial charge in [-0.05, 0) is 19.9 Å². The van der Waals surface area contributed by atoms with Crippen LogP contribution in [-0.2, 0) is 11.3 Å². The predicted octanol–water partition coefficient (Wildman–Crippen LogP) is 2.61. The van der Waals surface area contributed by atoms with E-state index in [2.05, 4.69) is 9.88 Å². The quantitative estimate of drug-likeness (QED) is 0.853. The normalized spacial score (nSPS) is 25.0. The first kappa shape index (κ1) is 13.5. The molecule has 18 heavy (non-hydrogen) atoms. The van der Waals surface area contributed by atoms with Gasteiger partial charge >= 0.3 is 5.97 Å². The molecule has 0 spiro atoms. The molecule has 1 fully saturated rings. The van der Waals surface area contributed by atoms with Crippen molar-refractivity contribution >= 4 is 17.3 Å². The highest BCUT2D eigenvalue weighted by atomic mass is 32.1. The first-order valence-electron chi connectivity index (χ1n) is 6.48. The summed E-state index contributed by atoms with van der Waals surface area (Å²) in [5, 5.41) is 11.4. The molecule has 100 valence electrons. The molecule has 1 aliphatic carbocycles. The first-order chi connectivity index (χ1) is 8.68. The molecule has 1 heterocycles. The highest BCUT2D eigenvalue weighted by molar-refractivity contribution is 7.07. The highest BCUT2D eigenvalue weighted by Crippen LogP contribution is 2.28. The maximum atomic E-state index is 11.4. The Hall–Kier alpha value is -0.940. The number of thiazole rings is 1. The Balaban J connectivity index is 2.04. The zero-order chi connectivity index (χ0) is 13.0. The Bertz CT molecular complexity index is 380. The number of carboxylic acid groups (broad SMARTS) is 1. The van der Waals surface area contributed by atoms with Crippen LogP contribution in [-0.4, -0.2) is 34.0 Å². The van der Waals surface area contributed by atoms with Crippen molar-refractivity contribution in [2.45, 2.75) is 44.7 Å². The van der Waals surface area contributed by atoms with Crippen LogP contribution < -0.4 is 0 Å². The number of rotatable bonds is 4. The summed E-state index contributed by atoms with van der Waals surface area (Å²) in [4.78, 5) is 17.8. The molecule has 0 radical (unpaired) electrons. The minimum absolute atomic E-state index is 0.145. The topological polar surface area (TPSA) is 53.4 Å². The van der Waals surface area contributed by atoms with Crippen molar-refractivity contribution in [2.75, 3.05) is 7.05 Å². The van der Waals surface area contributed by atoms with E-state index in [1.165, 1.54) is 0 Å². The van der Waals surface area contributed by atoms with E-state index in [4.69, 9.17) is 0 Å². The highest BCUT2D eigenvalue weighted by Gasteiger charge is 2.32. The minimum atomic E-state index is -0.646. The lowest BCUT2D eigenvalue weighted by Gasteiger charge is -2.30. The Morgan fingerprint density at radius 3 is 2.94 bits per heavy atom. The maximum absolute atomic E-state index is 11.4. The molecule has 0 aliphatic heterocycles. The fraction of sp³-hybridized carbons (Fsp3) is 0.692. The molecule has 2 rings (SSSR count). The van der Waals surface area contributed by atoms with Crippen LogP contribution in [0.1, 0.15) is 37.8 Å². The third-order valence-electron chi connectivity index (χ3n) is 3.76. The minimum Gasteiger partial charge on any atom is -0.481 e. The number of carbonyl (C=O) groups is 1. The van der Waals surface area contributed by atoms with Gasteiger partial charge < -0.3 is 5.11 Å². The van der Waals surface area contributed by atoms with E-state index >= 15 is 0 Å². The van der Waals surface area contributed by atoms with Crippen LogP contribution in [0.4, 0.5) is 0 Å². The SMILES string of the molecule is CN(Cc1cscn1)C1CCCCCC1C(=O)O. The van der Waals surface area contributed by atoms with E-state index in [0.29, 0.717) is 0 Å². The molecule has 5 heteroatoms. The van der Waals surface area contributed by atoms with Crippen LogP contribution in [0.25, 0.3) is 0 Å². The summed E-state index contributed by atoms with van der Waals surface area (Å²) in [6.07, 6.45) is 5.12. The summed E-state index contributed by atoms with van der Waals surface area (Å²) < 4.78 is 0. The van der Waals surface area contributed by atoms with Crippen molar-refractivity contribution in [1.29, 1.82) is 0 Å². The number of hydrogen-bond donors (Lipinski definition) is 1. The molecule has 0 bridgehead atoms. The second kappa shape index (κ2) is 6.29. The summed E-state index contributed by atoms with van der Waals surface area (Å²) in [5.74, 6) is -0.872. The van der Waals surface area contributed by atoms with Crippen LogP contribution in [0.2, 0.25) is 0 Å². The Morgan fingerprint density at radius 1 is 1.50 bits per heavy atom. The average molecular weight is 268 g/mol. The fourth-order valence-corrected chi connectivity index (χ4v) is 3.34. The van der Waals surface area contributed by atoms with Gasteiger partial charge in [-0.25, -0.2) is 4.98 Å². The molecule has 1 saturated carbocycles. The zero-order valence-corrected chi connectivity index (χ0v) is 11.5. The Morgan fingerprint density at radius 2 is 2.28 bits per heavy atom. The molecular weight excluding hydrogens is 248 g/mol. The lowest BCUT2D eigenvalue weighted by atomic mass is 9.93. The standard InChI is InChI=1S/C13H20N2O2S/c1-15(7-10-8-18-9-14-10)12-6-4-2-3-5-11(12)13(16)17/h8-9,11-12H,2-7H2,1H3,(H,16,17). The summed E-state index contributed by atoms with van der Waals surface area (Å²) in [5.41, 5.74) is 2.86. The molecular formula is C13H20N2O2S. The first-order valence-corrected chi connectivity index (χ1v) is 7.43. The molecule has 1 aromatic rings. The van der Waals surface area contributed by atoms with Crippen LogP contribution >= 0.6 is 11.3 Å². The molecule has 1 N–H and O–H groups in total. The van der Waals surface area contributed by atoms with Gasteiger partial charge in [0.25, 0.3) is 0 Å². The van der Waals surface area contributed by atoms with Crippen LogP contribution in [0, 0.1) is 5.92 Å². The molecule has 1 aliphatic rings. The Kier molecular flexibility index (Phi) is 4.72. The lowest BCUT2D eigenvalue weighted by Crippen LogP contribution is -2.40. The van der Waals surface area contributed by atoms with Crippen molar-refractivity contribution in [3.63, 3.8) is 0 Å². The molecule has 2 unspecified atom stereocenters. The van der Waals surface area contributed by atoms with Gasteiger partial charge in [0.05, 0.1) is 17.1 Å². The average Bonchev–Trinajstić information content (AvgIpc) is 2.70. The third-order valence-corrected chi connectivity index (χ3v) is 4.39. The number of carboxylic acids is 1. The van der Waals surface area contributed by atoms with Crippen molar-refractivity contribution in [3.8, 4) is 0 Å². The molecule has 4 nitrogen and oxygen atoms in total. The van der Waals surface area contributed by atoms with Gasteiger partial charge in [0.1, 0.15) is 0 Å². The largest absolute Gasteiger partial charge is 0.481 e. The molecule has 1 aromatic heterocycles. The summed E-state index contributed by atoms with van der Waals surface area (Å²) in [6.45, 7) is 0.748. The predicted molar refractivity (Wildman–Crippen MR) is 71.6 cm³/mol.